The molecule has 0 saturated carbocycles. The molecule has 0 aliphatic rings. The van der Waals surface area contributed by atoms with E-state index in [1.807, 2.05) is 0 Å². The van der Waals surface area contributed by atoms with Crippen LogP contribution in [-0.4, -0.2) is 25.6 Å². The lowest BCUT2D eigenvalue weighted by Gasteiger charge is -2.00. The topological polar surface area (TPSA) is 121 Å². The second-order valence-electron chi connectivity index (χ2n) is 4.94. The molecular weight excluding hydrogens is 274 g/mol. The number of H-pyrrole nitrogens is 1. The van der Waals surface area contributed by atoms with Gasteiger partial charge in [0.25, 0.3) is 5.56 Å². The van der Waals surface area contributed by atoms with E-state index >= 15 is 0 Å². The minimum Gasteiger partial charge on any atom is -0.339 e. The first-order valence-electron chi connectivity index (χ1n) is 6.50. The molecule has 0 aliphatic heterocycles. The average Bonchev–Trinajstić information content (AvgIpc) is 2.93. The van der Waals surface area contributed by atoms with Gasteiger partial charge < -0.3 is 4.98 Å². The van der Waals surface area contributed by atoms with Crippen LogP contribution in [0.4, 0.5) is 0 Å². The van der Waals surface area contributed by atoms with Crippen molar-refractivity contribution in [1.29, 1.82) is 0 Å². The van der Waals surface area contributed by atoms with Gasteiger partial charge in [-0.05, 0) is 17.9 Å². The summed E-state index contributed by atoms with van der Waals surface area (Å²) >= 11 is 0. The van der Waals surface area contributed by atoms with Crippen LogP contribution in [0.3, 0.4) is 0 Å². The molecule has 0 aromatic carbocycles. The summed E-state index contributed by atoms with van der Waals surface area (Å²) in [6.45, 7) is 4.84. The molecule has 21 heavy (non-hydrogen) atoms. The number of nitrogens with zero attached hydrogens (tertiary/aromatic N) is 6. The third kappa shape index (κ3) is 3.96. The van der Waals surface area contributed by atoms with Crippen molar-refractivity contribution >= 4 is 11.2 Å². The van der Waals surface area contributed by atoms with Gasteiger partial charge in [0, 0.05) is 25.6 Å². The van der Waals surface area contributed by atoms with Gasteiger partial charge in [0.2, 0.25) is 0 Å². The fraction of sp³-hybridized carbons (Fsp3) is 0.583. The summed E-state index contributed by atoms with van der Waals surface area (Å²) in [5.41, 5.74) is 7.85. The predicted molar refractivity (Wildman–Crippen MR) is 80.0 cm³/mol. The van der Waals surface area contributed by atoms with Gasteiger partial charge in [0.15, 0.2) is 5.65 Å². The minimum absolute atomic E-state index is 0.351. The van der Waals surface area contributed by atoms with Crippen molar-refractivity contribution in [3.05, 3.63) is 37.6 Å². The molecule has 0 bridgehead atoms. The molecule has 0 atom stereocenters. The van der Waals surface area contributed by atoms with Crippen LogP contribution in [-0.2, 0) is 14.1 Å². The van der Waals surface area contributed by atoms with Crippen LogP contribution in [0, 0.1) is 5.92 Å². The van der Waals surface area contributed by atoms with Gasteiger partial charge in [0.05, 0.1) is 6.33 Å². The Kier molecular flexibility index (Phi) is 5.74. The Morgan fingerprint density at radius 2 is 2.05 bits per heavy atom. The smallest absolute Gasteiger partial charge is 0.332 e. The molecule has 0 saturated heterocycles. The second kappa shape index (κ2) is 7.30. The van der Waals surface area contributed by atoms with Gasteiger partial charge in [-0.3, -0.25) is 13.9 Å². The second-order valence-corrected chi connectivity index (χ2v) is 4.94. The first-order chi connectivity index (χ1) is 9.90. The van der Waals surface area contributed by atoms with Gasteiger partial charge in [-0.15, -0.1) is 0 Å². The van der Waals surface area contributed by atoms with Gasteiger partial charge >= 0.3 is 5.69 Å². The SMILES string of the molecule is CC(C)CCN=[N+]=[N-].Cn1c(=O)c2[nH]cnc2n(C)c1=O. The van der Waals surface area contributed by atoms with Crippen molar-refractivity contribution in [2.24, 2.45) is 25.1 Å². The van der Waals surface area contributed by atoms with Crippen LogP contribution in [0.5, 0.6) is 0 Å². The van der Waals surface area contributed by atoms with Gasteiger partial charge in [-0.2, -0.15) is 0 Å². The van der Waals surface area contributed by atoms with E-state index in [1.165, 1.54) is 17.9 Å². The van der Waals surface area contributed by atoms with E-state index in [-0.39, 0.29) is 11.2 Å². The Morgan fingerprint density at radius 1 is 1.38 bits per heavy atom. The van der Waals surface area contributed by atoms with Gasteiger partial charge in [-0.1, -0.05) is 19.0 Å². The number of nitrogens with one attached hydrogen (secondary N) is 1. The summed E-state index contributed by atoms with van der Waals surface area (Å²) in [5.74, 6) is 0.639. The van der Waals surface area contributed by atoms with Crippen molar-refractivity contribution in [2.75, 3.05) is 6.54 Å². The lowest BCUT2D eigenvalue weighted by Crippen LogP contribution is -2.36. The minimum atomic E-state index is -0.371. The quantitative estimate of drug-likeness (QED) is 0.521. The zero-order valence-electron chi connectivity index (χ0n) is 12.6. The lowest BCUT2D eigenvalue weighted by molar-refractivity contribution is 0.595. The number of aromatic amines is 1. The summed E-state index contributed by atoms with van der Waals surface area (Å²) in [6, 6.07) is 0. The highest BCUT2D eigenvalue weighted by molar-refractivity contribution is 5.68. The summed E-state index contributed by atoms with van der Waals surface area (Å²) in [4.78, 5) is 32.0. The monoisotopic (exact) mass is 293 g/mol. The van der Waals surface area contributed by atoms with Crippen LogP contribution < -0.4 is 11.2 Å². The van der Waals surface area contributed by atoms with E-state index in [9.17, 15) is 9.59 Å². The molecule has 0 radical (unpaired) electrons. The number of aromatic nitrogens is 4. The Hall–Kier alpha value is -2.54. The number of azide groups is 1. The molecule has 2 aromatic rings. The van der Waals surface area contributed by atoms with E-state index in [1.54, 1.807) is 7.05 Å². The zero-order valence-corrected chi connectivity index (χ0v) is 12.6. The summed E-state index contributed by atoms with van der Waals surface area (Å²) in [7, 11) is 3.01. The number of hydrogen-bond donors (Lipinski definition) is 1. The maximum absolute atomic E-state index is 11.4. The van der Waals surface area contributed by atoms with E-state index in [2.05, 4.69) is 33.8 Å². The highest BCUT2D eigenvalue weighted by Crippen LogP contribution is 1.98. The lowest BCUT2D eigenvalue weighted by atomic mass is 10.1. The third-order valence-corrected chi connectivity index (χ3v) is 2.90. The van der Waals surface area contributed by atoms with Crippen LogP contribution in [0.2, 0.25) is 0 Å². The van der Waals surface area contributed by atoms with Crippen LogP contribution in [0.15, 0.2) is 21.0 Å². The summed E-state index contributed by atoms with van der Waals surface area (Å²) in [5, 5.41) is 3.39. The molecule has 0 fully saturated rings. The predicted octanol–water partition coefficient (Wildman–Crippen LogP) is 1.30. The molecule has 2 heterocycles. The molecular formula is C12H19N7O2. The standard InChI is InChI=1S/C7H8N4O2.C5H11N3/c1-10-5-4(8-3-9-5)6(12)11(2)7(10)13;1-5(2)3-4-7-8-6/h3H,1-2H3,(H,8,9);5H,3-4H2,1-2H3. The average molecular weight is 293 g/mol. The molecule has 9 nitrogen and oxygen atoms in total. The van der Waals surface area contributed by atoms with Crippen molar-refractivity contribution in [3.63, 3.8) is 0 Å². The normalized spacial score (nSPS) is 10.1. The first kappa shape index (κ1) is 16.5. The molecule has 114 valence electrons. The van der Waals surface area contributed by atoms with Crippen LogP contribution >= 0.6 is 0 Å². The van der Waals surface area contributed by atoms with E-state index in [0.29, 0.717) is 23.6 Å². The number of rotatable bonds is 3. The van der Waals surface area contributed by atoms with E-state index in [0.717, 1.165) is 11.0 Å². The highest BCUT2D eigenvalue weighted by atomic mass is 16.2. The number of aryl methyl sites for hydroxylation is 1. The Morgan fingerprint density at radius 3 is 2.62 bits per heavy atom. The Labute approximate surface area is 120 Å². The highest BCUT2D eigenvalue weighted by Gasteiger charge is 2.08. The van der Waals surface area contributed by atoms with E-state index < -0.39 is 0 Å². The van der Waals surface area contributed by atoms with E-state index in [4.69, 9.17) is 5.53 Å². The molecule has 0 spiro atoms. The summed E-state index contributed by atoms with van der Waals surface area (Å²) < 4.78 is 2.37. The third-order valence-electron chi connectivity index (χ3n) is 2.90. The van der Waals surface area contributed by atoms with Crippen molar-refractivity contribution in [3.8, 4) is 0 Å². The van der Waals surface area contributed by atoms with Gasteiger partial charge in [0.1, 0.15) is 5.52 Å². The largest absolute Gasteiger partial charge is 0.339 e. The van der Waals surface area contributed by atoms with Crippen LogP contribution in [0.1, 0.15) is 20.3 Å². The molecule has 0 aliphatic carbocycles. The number of hydrogen-bond acceptors (Lipinski definition) is 4. The fourth-order valence-electron chi connectivity index (χ4n) is 1.63. The molecule has 1 N–H and O–H groups in total. The maximum atomic E-state index is 11.4. The molecule has 9 heteroatoms. The molecule has 0 unspecified atom stereocenters. The Balaban J connectivity index is 0.000000240. The number of fused-ring (bicyclic) bond motifs is 1. The van der Waals surface area contributed by atoms with Crippen molar-refractivity contribution < 1.29 is 0 Å². The molecule has 2 rings (SSSR count). The van der Waals surface area contributed by atoms with Crippen LogP contribution in [0.25, 0.3) is 21.6 Å². The summed E-state index contributed by atoms with van der Waals surface area (Å²) in [6.07, 6.45) is 2.38. The zero-order chi connectivity index (χ0) is 16.0. The Bertz CT molecular complexity index is 762. The first-order valence-corrected chi connectivity index (χ1v) is 6.50. The van der Waals surface area contributed by atoms with Crippen molar-refractivity contribution in [2.45, 2.75) is 20.3 Å². The number of imidazole rings is 1. The molecule has 0 amide bonds. The van der Waals surface area contributed by atoms with Crippen molar-refractivity contribution in [1.82, 2.24) is 19.1 Å². The molecule has 2 aromatic heterocycles. The fourth-order valence-corrected chi connectivity index (χ4v) is 1.63. The maximum Gasteiger partial charge on any atom is 0.332 e. The van der Waals surface area contributed by atoms with Gasteiger partial charge in [-0.25, -0.2) is 9.78 Å².